The van der Waals surface area contributed by atoms with Crippen molar-refractivity contribution in [2.75, 3.05) is 18.2 Å². The lowest BCUT2D eigenvalue weighted by Crippen LogP contribution is -2.30. The maximum atomic E-state index is 12.5. The second kappa shape index (κ2) is 11.1. The largest absolute Gasteiger partial charge is 0.462 e. The lowest BCUT2D eigenvalue weighted by molar-refractivity contribution is -0.116. The Balaban J connectivity index is 2.02. The second-order valence-corrected chi connectivity index (χ2v) is 9.03. The summed E-state index contributed by atoms with van der Waals surface area (Å²) in [6, 6.07) is 12.2. The number of amides is 1. The average Bonchev–Trinajstić information content (AvgIpc) is 2.67. The highest BCUT2D eigenvalue weighted by atomic mass is 35.5. The Bertz CT molecular complexity index is 960. The summed E-state index contributed by atoms with van der Waals surface area (Å²) in [4.78, 5) is 24.4. The van der Waals surface area contributed by atoms with E-state index in [-0.39, 0.29) is 12.3 Å². The zero-order valence-corrected chi connectivity index (χ0v) is 18.4. The van der Waals surface area contributed by atoms with Crippen molar-refractivity contribution in [1.29, 1.82) is 0 Å². The Morgan fingerprint density at radius 2 is 1.70 bits per heavy atom. The third-order valence-electron chi connectivity index (χ3n) is 4.15. The predicted molar refractivity (Wildman–Crippen MR) is 117 cm³/mol. The van der Waals surface area contributed by atoms with E-state index in [0.29, 0.717) is 28.4 Å². The summed E-state index contributed by atoms with van der Waals surface area (Å²) in [5.74, 6) is -0.800. The summed E-state index contributed by atoms with van der Waals surface area (Å²) in [5, 5.41) is 3.21. The van der Waals surface area contributed by atoms with Crippen LogP contribution in [-0.2, 0) is 19.6 Å². The van der Waals surface area contributed by atoms with Crippen LogP contribution in [0.25, 0.3) is 0 Å². The molecule has 0 aliphatic rings. The molecule has 0 spiro atoms. The van der Waals surface area contributed by atoms with Gasteiger partial charge in [0.05, 0.1) is 24.5 Å². The van der Waals surface area contributed by atoms with Crippen LogP contribution in [0.5, 0.6) is 0 Å². The van der Waals surface area contributed by atoms with E-state index in [9.17, 15) is 18.0 Å². The number of esters is 1. The minimum absolute atomic E-state index is 0.116. The van der Waals surface area contributed by atoms with Crippen molar-refractivity contribution < 1.29 is 22.7 Å². The van der Waals surface area contributed by atoms with Gasteiger partial charge in [-0.05, 0) is 48.4 Å². The van der Waals surface area contributed by atoms with Crippen LogP contribution in [0, 0.1) is 0 Å². The number of unbranched alkanes of at least 4 members (excludes halogenated alkanes) is 1. The Hall–Kier alpha value is -2.42. The zero-order chi connectivity index (χ0) is 22.1. The van der Waals surface area contributed by atoms with E-state index in [0.717, 1.165) is 19.1 Å². The molecule has 1 atom stereocenters. The molecule has 0 radical (unpaired) electrons. The van der Waals surface area contributed by atoms with Crippen molar-refractivity contribution in [3.8, 4) is 0 Å². The van der Waals surface area contributed by atoms with Crippen molar-refractivity contribution >= 4 is 39.2 Å². The van der Waals surface area contributed by atoms with Crippen LogP contribution in [0.2, 0.25) is 5.02 Å². The van der Waals surface area contributed by atoms with Gasteiger partial charge in [-0.1, -0.05) is 37.1 Å². The van der Waals surface area contributed by atoms with Gasteiger partial charge in [-0.15, -0.1) is 0 Å². The second-order valence-electron chi connectivity index (χ2n) is 6.81. The number of ether oxygens (including phenoxy) is 1. The predicted octanol–water partition coefficient (Wildman–Crippen LogP) is 3.92. The Morgan fingerprint density at radius 1 is 1.07 bits per heavy atom. The van der Waals surface area contributed by atoms with E-state index in [4.69, 9.17) is 16.3 Å². The molecule has 0 heterocycles. The van der Waals surface area contributed by atoms with Crippen molar-refractivity contribution in [3.63, 3.8) is 0 Å². The van der Waals surface area contributed by atoms with Crippen LogP contribution in [0.4, 0.5) is 5.69 Å². The van der Waals surface area contributed by atoms with E-state index in [2.05, 4.69) is 10.0 Å². The van der Waals surface area contributed by atoms with Gasteiger partial charge >= 0.3 is 5.97 Å². The van der Waals surface area contributed by atoms with Crippen molar-refractivity contribution in [2.45, 2.75) is 32.2 Å². The van der Waals surface area contributed by atoms with Gasteiger partial charge in [0.1, 0.15) is 0 Å². The van der Waals surface area contributed by atoms with Gasteiger partial charge in [0.2, 0.25) is 15.9 Å². The van der Waals surface area contributed by atoms with Crippen molar-refractivity contribution in [3.05, 3.63) is 64.7 Å². The smallest absolute Gasteiger partial charge is 0.338 e. The first-order valence-corrected chi connectivity index (χ1v) is 11.7. The number of benzene rings is 2. The summed E-state index contributed by atoms with van der Waals surface area (Å²) in [6.45, 7) is 2.38. The molecule has 2 aromatic rings. The molecule has 2 aromatic carbocycles. The number of nitrogens with one attached hydrogen (secondary N) is 2. The molecule has 0 aliphatic carbocycles. The van der Waals surface area contributed by atoms with Crippen LogP contribution in [0.3, 0.4) is 0 Å². The van der Waals surface area contributed by atoms with Gasteiger partial charge in [-0.25, -0.2) is 17.9 Å². The molecular weight excluding hydrogens is 428 g/mol. The molecule has 162 valence electrons. The highest BCUT2D eigenvalue weighted by Gasteiger charge is 2.20. The van der Waals surface area contributed by atoms with E-state index in [1.54, 1.807) is 48.5 Å². The van der Waals surface area contributed by atoms with E-state index in [1.807, 2.05) is 6.92 Å². The molecule has 30 heavy (non-hydrogen) atoms. The quantitative estimate of drug-likeness (QED) is 0.420. The average molecular weight is 453 g/mol. The Morgan fingerprint density at radius 3 is 2.27 bits per heavy atom. The third kappa shape index (κ3) is 8.14. The lowest BCUT2D eigenvalue weighted by Gasteiger charge is -2.18. The summed E-state index contributed by atoms with van der Waals surface area (Å²) < 4.78 is 31.0. The third-order valence-corrected chi connectivity index (χ3v) is 5.12. The van der Waals surface area contributed by atoms with Gasteiger partial charge in [0.25, 0.3) is 0 Å². The van der Waals surface area contributed by atoms with Gasteiger partial charge in [0.15, 0.2) is 0 Å². The molecule has 0 bridgehead atoms. The first-order valence-electron chi connectivity index (χ1n) is 9.47. The number of hydrogen-bond donors (Lipinski definition) is 2. The number of carbonyl (C=O) groups is 2. The minimum Gasteiger partial charge on any atom is -0.462 e. The normalized spacial score (nSPS) is 12.2. The van der Waals surface area contributed by atoms with E-state index < -0.39 is 22.0 Å². The molecule has 0 aliphatic heterocycles. The fraction of sp³-hybridized carbons (Fsp3) is 0.333. The SMILES string of the molecule is CCCCOC(=O)c1ccc(NC(=O)C[C@@H](NS(C)(=O)=O)c2ccc(Cl)cc2)cc1. The zero-order valence-electron chi connectivity index (χ0n) is 16.9. The van der Waals surface area contributed by atoms with Gasteiger partial charge in [0, 0.05) is 17.1 Å². The summed E-state index contributed by atoms with van der Waals surface area (Å²) in [5.41, 5.74) is 1.49. The van der Waals surface area contributed by atoms with Crippen LogP contribution in [0.1, 0.15) is 48.1 Å². The van der Waals surface area contributed by atoms with Crippen LogP contribution in [0.15, 0.2) is 48.5 Å². The number of anilines is 1. The molecule has 0 aromatic heterocycles. The fourth-order valence-corrected chi connectivity index (χ4v) is 3.52. The summed E-state index contributed by atoms with van der Waals surface area (Å²) >= 11 is 5.88. The highest BCUT2D eigenvalue weighted by Crippen LogP contribution is 2.21. The van der Waals surface area contributed by atoms with Gasteiger partial charge in [-0.3, -0.25) is 4.79 Å². The lowest BCUT2D eigenvalue weighted by atomic mass is 10.0. The molecule has 0 fully saturated rings. The molecule has 0 saturated carbocycles. The maximum Gasteiger partial charge on any atom is 0.338 e. The van der Waals surface area contributed by atoms with Crippen LogP contribution in [-0.4, -0.2) is 33.2 Å². The molecule has 1 amide bonds. The van der Waals surface area contributed by atoms with Gasteiger partial charge < -0.3 is 10.1 Å². The number of halogens is 1. The maximum absolute atomic E-state index is 12.5. The summed E-state index contributed by atoms with van der Waals surface area (Å²) in [7, 11) is -3.54. The minimum atomic E-state index is -3.54. The highest BCUT2D eigenvalue weighted by molar-refractivity contribution is 7.88. The first-order chi connectivity index (χ1) is 14.2. The number of sulfonamides is 1. The monoisotopic (exact) mass is 452 g/mol. The van der Waals surface area contributed by atoms with Gasteiger partial charge in [-0.2, -0.15) is 0 Å². The number of carbonyl (C=O) groups excluding carboxylic acids is 2. The number of rotatable bonds is 10. The molecular formula is C21H25ClN2O5S. The number of hydrogen-bond acceptors (Lipinski definition) is 5. The molecule has 0 saturated heterocycles. The molecule has 2 rings (SSSR count). The summed E-state index contributed by atoms with van der Waals surface area (Å²) in [6.07, 6.45) is 2.65. The standard InChI is InChI=1S/C21H25ClN2O5S/c1-3-4-13-29-21(26)16-7-11-18(12-8-16)23-20(25)14-19(24-30(2,27)28)15-5-9-17(22)10-6-15/h5-12,19,24H,3-4,13-14H2,1-2H3,(H,23,25)/t19-/m1/s1. The topological polar surface area (TPSA) is 102 Å². The molecule has 0 unspecified atom stereocenters. The van der Waals surface area contributed by atoms with Crippen molar-refractivity contribution in [1.82, 2.24) is 4.72 Å². The van der Waals surface area contributed by atoms with E-state index in [1.165, 1.54) is 0 Å². The van der Waals surface area contributed by atoms with E-state index >= 15 is 0 Å². The van der Waals surface area contributed by atoms with Crippen molar-refractivity contribution in [2.24, 2.45) is 0 Å². The molecule has 9 heteroatoms. The fourth-order valence-electron chi connectivity index (χ4n) is 2.66. The van der Waals surface area contributed by atoms with Crippen LogP contribution >= 0.6 is 11.6 Å². The first kappa shape index (κ1) is 23.9. The Labute approximate surface area is 181 Å². The molecule has 7 nitrogen and oxygen atoms in total. The van der Waals surface area contributed by atoms with Crippen LogP contribution < -0.4 is 10.0 Å². The molecule has 2 N–H and O–H groups in total. The Kier molecular flexibility index (Phi) is 8.83.